The van der Waals surface area contributed by atoms with Gasteiger partial charge in [-0.05, 0) is 66.0 Å². The highest BCUT2D eigenvalue weighted by Gasteiger charge is 2.44. The first-order valence-corrected chi connectivity index (χ1v) is 13.8. The summed E-state index contributed by atoms with van der Waals surface area (Å²) in [4.78, 5) is 3.76. The van der Waals surface area contributed by atoms with Crippen LogP contribution in [0.2, 0.25) is 0 Å². The number of hydrogen-bond donors (Lipinski definition) is 3. The predicted octanol–water partition coefficient (Wildman–Crippen LogP) is 4.88. The van der Waals surface area contributed by atoms with Crippen molar-refractivity contribution >= 4 is 34.9 Å². The van der Waals surface area contributed by atoms with Crippen molar-refractivity contribution in [3.05, 3.63) is 76.2 Å². The van der Waals surface area contributed by atoms with Crippen LogP contribution in [0.25, 0.3) is 10.4 Å². The maximum atomic E-state index is 10.5. The number of aryl methyl sites for hydroxylation is 1. The van der Waals surface area contributed by atoms with Crippen molar-refractivity contribution in [2.75, 3.05) is 12.5 Å². The van der Waals surface area contributed by atoms with Gasteiger partial charge in [0.1, 0.15) is 29.9 Å². The van der Waals surface area contributed by atoms with Crippen molar-refractivity contribution in [3.8, 4) is 10.4 Å². The molecule has 7 heteroatoms. The first-order valence-electron chi connectivity index (χ1n) is 10.5. The van der Waals surface area contributed by atoms with E-state index in [9.17, 15) is 15.3 Å². The normalized spacial score (nSPS) is 25.8. The summed E-state index contributed by atoms with van der Waals surface area (Å²) < 4.78 is 5.95. The Labute approximate surface area is 201 Å². The molecule has 5 unspecified atom stereocenters. The second-order valence-electron chi connectivity index (χ2n) is 7.99. The van der Waals surface area contributed by atoms with E-state index < -0.39 is 29.9 Å². The van der Waals surface area contributed by atoms with E-state index in [1.54, 1.807) is 23.1 Å². The van der Waals surface area contributed by atoms with E-state index in [0.717, 1.165) is 17.5 Å². The monoisotopic (exact) mass is 488 g/mol. The summed E-state index contributed by atoms with van der Waals surface area (Å²) in [5, 5.41) is 31.0. The van der Waals surface area contributed by atoms with Crippen molar-refractivity contribution in [1.29, 1.82) is 0 Å². The molecule has 4 rings (SSSR count). The van der Waals surface area contributed by atoms with Gasteiger partial charge in [0.15, 0.2) is 0 Å². The third-order valence-electron chi connectivity index (χ3n) is 5.90. The molecule has 1 aromatic heterocycles. The van der Waals surface area contributed by atoms with Gasteiger partial charge in [0.05, 0.1) is 0 Å². The van der Waals surface area contributed by atoms with Crippen LogP contribution in [0.5, 0.6) is 0 Å². The van der Waals surface area contributed by atoms with Gasteiger partial charge in [-0.25, -0.2) is 0 Å². The van der Waals surface area contributed by atoms with Crippen molar-refractivity contribution in [1.82, 2.24) is 0 Å². The van der Waals surface area contributed by atoms with Crippen LogP contribution < -0.4 is 0 Å². The zero-order valence-electron chi connectivity index (χ0n) is 18.3. The van der Waals surface area contributed by atoms with Gasteiger partial charge in [0.2, 0.25) is 0 Å². The highest BCUT2D eigenvalue weighted by atomic mass is 32.2. The lowest BCUT2D eigenvalue weighted by atomic mass is 9.92. The van der Waals surface area contributed by atoms with E-state index in [0.29, 0.717) is 0 Å². The third kappa shape index (κ3) is 4.94. The van der Waals surface area contributed by atoms with Crippen molar-refractivity contribution in [3.63, 3.8) is 0 Å². The van der Waals surface area contributed by atoms with Crippen LogP contribution in [0, 0.1) is 6.92 Å². The summed E-state index contributed by atoms with van der Waals surface area (Å²) in [6.45, 7) is 2.08. The van der Waals surface area contributed by atoms with Gasteiger partial charge < -0.3 is 20.1 Å². The molecule has 0 aliphatic carbocycles. The number of aliphatic hydroxyl groups excluding tert-OH is 3. The topological polar surface area (TPSA) is 69.9 Å². The number of aliphatic hydroxyl groups is 3. The lowest BCUT2D eigenvalue weighted by molar-refractivity contribution is -0.200. The highest BCUT2D eigenvalue weighted by molar-refractivity contribution is 7.99. The predicted molar refractivity (Wildman–Crippen MR) is 135 cm³/mol. The van der Waals surface area contributed by atoms with Crippen LogP contribution in [0.4, 0.5) is 0 Å². The first-order chi connectivity index (χ1) is 15.4. The van der Waals surface area contributed by atoms with E-state index >= 15 is 0 Å². The minimum absolute atomic E-state index is 0.583. The molecule has 1 saturated heterocycles. The Morgan fingerprint density at radius 1 is 0.906 bits per heavy atom. The molecule has 0 saturated carbocycles. The summed E-state index contributed by atoms with van der Waals surface area (Å²) in [5.74, 6) is 0. The van der Waals surface area contributed by atoms with Gasteiger partial charge >= 0.3 is 0 Å². The summed E-state index contributed by atoms with van der Waals surface area (Å²) in [6, 6.07) is 19.0. The van der Waals surface area contributed by atoms with E-state index in [4.69, 9.17) is 4.74 Å². The fourth-order valence-corrected chi connectivity index (χ4v) is 6.06. The van der Waals surface area contributed by atoms with E-state index in [1.165, 1.54) is 37.5 Å². The van der Waals surface area contributed by atoms with Gasteiger partial charge in [-0.2, -0.15) is 0 Å². The Morgan fingerprint density at radius 3 is 2.34 bits per heavy atom. The number of ether oxygens (including phenoxy) is 1. The number of thiophene rings is 1. The molecule has 3 aromatic rings. The summed E-state index contributed by atoms with van der Waals surface area (Å²) >= 11 is 4.85. The second-order valence-corrected chi connectivity index (χ2v) is 11.0. The number of rotatable bonds is 6. The van der Waals surface area contributed by atoms with Gasteiger partial charge in [0.25, 0.3) is 0 Å². The van der Waals surface area contributed by atoms with Crippen molar-refractivity contribution in [2.45, 2.75) is 48.1 Å². The van der Waals surface area contributed by atoms with E-state index in [2.05, 4.69) is 55.6 Å². The minimum atomic E-state index is -1.24. The molecule has 0 spiro atoms. The van der Waals surface area contributed by atoms with Crippen molar-refractivity contribution in [2.24, 2.45) is 0 Å². The van der Waals surface area contributed by atoms with Crippen LogP contribution in [0.1, 0.15) is 27.7 Å². The summed E-state index contributed by atoms with van der Waals surface area (Å²) in [6.07, 6.45) is 0.465. The van der Waals surface area contributed by atoms with Crippen LogP contribution in [-0.2, 0) is 11.2 Å². The molecule has 2 aromatic carbocycles. The Kier molecular flexibility index (Phi) is 7.67. The Balaban J connectivity index is 1.55. The maximum absolute atomic E-state index is 10.5. The standard InChI is InChI=1S/C25H28O4S3/c1-14-4-5-16(24-22(27)21(26)23(28)25(29-24)31-3)12-17(14)13-19-10-11-20(32-19)15-6-8-18(30-2)9-7-15/h4-12,21-28H,13H2,1-3H3. The smallest absolute Gasteiger partial charge is 0.132 e. The minimum Gasteiger partial charge on any atom is -0.387 e. The van der Waals surface area contributed by atoms with E-state index in [-0.39, 0.29) is 0 Å². The number of thioether (sulfide) groups is 2. The van der Waals surface area contributed by atoms with Gasteiger partial charge in [0, 0.05) is 21.1 Å². The van der Waals surface area contributed by atoms with Gasteiger partial charge in [-0.1, -0.05) is 30.3 Å². The van der Waals surface area contributed by atoms with Crippen LogP contribution in [-0.4, -0.2) is 51.6 Å². The maximum Gasteiger partial charge on any atom is 0.132 e. The lowest BCUT2D eigenvalue weighted by Gasteiger charge is -2.40. The average molecular weight is 489 g/mol. The van der Waals surface area contributed by atoms with Crippen LogP contribution >= 0.6 is 34.9 Å². The molecule has 1 fully saturated rings. The molecule has 1 aliphatic heterocycles. The molecule has 5 atom stereocenters. The molecule has 170 valence electrons. The molecule has 3 N–H and O–H groups in total. The van der Waals surface area contributed by atoms with Crippen LogP contribution in [0.15, 0.2) is 59.5 Å². The van der Waals surface area contributed by atoms with Gasteiger partial charge in [-0.15, -0.1) is 34.9 Å². The van der Waals surface area contributed by atoms with Crippen molar-refractivity contribution < 1.29 is 20.1 Å². The molecule has 1 aliphatic rings. The lowest BCUT2D eigenvalue weighted by Crippen LogP contribution is -2.52. The quantitative estimate of drug-likeness (QED) is 0.430. The molecular weight excluding hydrogens is 460 g/mol. The fourth-order valence-electron chi connectivity index (χ4n) is 3.95. The molecular formula is C25H28O4S3. The largest absolute Gasteiger partial charge is 0.387 e. The zero-order valence-corrected chi connectivity index (χ0v) is 20.7. The molecule has 32 heavy (non-hydrogen) atoms. The summed E-state index contributed by atoms with van der Waals surface area (Å²) in [7, 11) is 0. The summed E-state index contributed by atoms with van der Waals surface area (Å²) in [5.41, 5.74) is 3.78. The number of benzene rings is 2. The molecule has 0 bridgehead atoms. The number of hydrogen-bond acceptors (Lipinski definition) is 7. The Hall–Kier alpha value is -1.32. The van der Waals surface area contributed by atoms with E-state index in [1.807, 2.05) is 18.4 Å². The Bertz CT molecular complexity index is 1050. The Morgan fingerprint density at radius 2 is 1.66 bits per heavy atom. The van der Waals surface area contributed by atoms with Crippen LogP contribution in [0.3, 0.4) is 0 Å². The SMILES string of the molecule is CSc1ccc(-c2ccc(Cc3cc(C4OC(SC)C(O)C(O)C4O)ccc3C)s2)cc1. The fraction of sp³-hybridized carbons (Fsp3) is 0.360. The molecule has 0 radical (unpaired) electrons. The average Bonchev–Trinajstić information content (AvgIpc) is 3.28. The molecule has 2 heterocycles. The third-order valence-corrected chi connectivity index (χ3v) is 8.64. The molecule has 4 nitrogen and oxygen atoms in total. The highest BCUT2D eigenvalue weighted by Crippen LogP contribution is 2.37. The first kappa shape index (κ1) is 23.8. The second kappa shape index (κ2) is 10.3. The van der Waals surface area contributed by atoms with Gasteiger partial charge in [-0.3, -0.25) is 0 Å². The molecule has 0 amide bonds. The zero-order chi connectivity index (χ0) is 22.8.